The molecule has 0 bridgehead atoms. The topological polar surface area (TPSA) is 15.3 Å². The quantitative estimate of drug-likeness (QED) is 0.685. The summed E-state index contributed by atoms with van der Waals surface area (Å²) in [7, 11) is 2.05. The highest BCUT2D eigenvalue weighted by Crippen LogP contribution is 2.22. The molecule has 0 aromatic heterocycles. The van der Waals surface area contributed by atoms with Crippen LogP contribution in [0.2, 0.25) is 0 Å². The molecule has 2 nitrogen and oxygen atoms in total. The Hall–Kier alpha value is -0.520. The van der Waals surface area contributed by atoms with Gasteiger partial charge in [-0.1, -0.05) is 12.8 Å². The first-order valence-corrected chi connectivity index (χ1v) is 5.54. The summed E-state index contributed by atoms with van der Waals surface area (Å²) in [5.74, 6) is 2.87. The van der Waals surface area contributed by atoms with Crippen LogP contribution in [0.15, 0.2) is 0 Å². The molecule has 1 rings (SSSR count). The Kier molecular flexibility index (Phi) is 3.97. The zero-order valence-electron chi connectivity index (χ0n) is 9.64. The van der Waals surface area contributed by atoms with E-state index in [9.17, 15) is 0 Å². The van der Waals surface area contributed by atoms with E-state index >= 15 is 0 Å². The van der Waals surface area contributed by atoms with Crippen LogP contribution in [-0.4, -0.2) is 36.6 Å². The van der Waals surface area contributed by atoms with E-state index in [1.54, 1.807) is 0 Å². The Morgan fingerprint density at radius 3 is 2.43 bits per heavy atom. The summed E-state index contributed by atoms with van der Waals surface area (Å²) in [6.45, 7) is 6.71. The minimum absolute atomic E-state index is 0.323. The van der Waals surface area contributed by atoms with Gasteiger partial charge < -0.3 is 5.32 Å². The van der Waals surface area contributed by atoms with Crippen molar-refractivity contribution in [1.82, 2.24) is 10.2 Å². The van der Waals surface area contributed by atoms with E-state index in [4.69, 9.17) is 6.42 Å². The summed E-state index contributed by atoms with van der Waals surface area (Å²) in [5, 5.41) is 3.40. The maximum atomic E-state index is 5.51. The van der Waals surface area contributed by atoms with Gasteiger partial charge in [-0.3, -0.25) is 4.90 Å². The molecule has 1 atom stereocenters. The predicted molar refractivity (Wildman–Crippen MR) is 61.2 cm³/mol. The van der Waals surface area contributed by atoms with Crippen molar-refractivity contribution in [1.29, 1.82) is 0 Å². The Morgan fingerprint density at radius 1 is 1.50 bits per heavy atom. The fraction of sp³-hybridized carbons (Fsp3) is 0.833. The average molecular weight is 194 g/mol. The molecule has 0 spiro atoms. The highest BCUT2D eigenvalue weighted by atomic mass is 15.2. The van der Waals surface area contributed by atoms with Crippen molar-refractivity contribution in [2.45, 2.75) is 44.7 Å². The molecule has 1 N–H and O–H groups in total. The third kappa shape index (κ3) is 2.50. The molecule has 1 saturated heterocycles. The molecule has 14 heavy (non-hydrogen) atoms. The summed E-state index contributed by atoms with van der Waals surface area (Å²) in [4.78, 5) is 2.43. The highest BCUT2D eigenvalue weighted by molar-refractivity contribution is 5.01. The monoisotopic (exact) mass is 194 g/mol. The molecule has 0 saturated carbocycles. The zero-order chi connectivity index (χ0) is 10.6. The Labute approximate surface area is 88.1 Å². The van der Waals surface area contributed by atoms with Gasteiger partial charge in [0.05, 0.1) is 6.04 Å². The van der Waals surface area contributed by atoms with Crippen LogP contribution >= 0.6 is 0 Å². The summed E-state index contributed by atoms with van der Waals surface area (Å²) in [6, 6.07) is 0.344. The van der Waals surface area contributed by atoms with Crippen molar-refractivity contribution in [3.8, 4) is 12.3 Å². The molecule has 1 aliphatic rings. The summed E-state index contributed by atoms with van der Waals surface area (Å²) >= 11 is 0. The number of terminal acetylenes is 1. The molecule has 0 amide bonds. The van der Waals surface area contributed by atoms with Crippen molar-refractivity contribution in [3.63, 3.8) is 0 Å². The number of nitrogens with one attached hydrogen (secondary N) is 1. The van der Waals surface area contributed by atoms with Gasteiger partial charge in [-0.2, -0.15) is 0 Å². The average Bonchev–Trinajstić information content (AvgIpc) is 2.23. The number of likely N-dealkylation sites (tertiary alicyclic amines) is 1. The molecule has 0 radical (unpaired) electrons. The first kappa shape index (κ1) is 11.6. The lowest BCUT2D eigenvalue weighted by Crippen LogP contribution is -2.52. The van der Waals surface area contributed by atoms with E-state index in [1.807, 2.05) is 7.05 Å². The fourth-order valence-corrected chi connectivity index (χ4v) is 2.06. The number of rotatable bonds is 3. The number of nitrogens with zero attached hydrogens (tertiary/aromatic N) is 1. The van der Waals surface area contributed by atoms with Crippen LogP contribution in [0.25, 0.3) is 0 Å². The molecule has 0 aromatic rings. The standard InChI is InChI=1S/C12H22N2/c1-5-11(6-2)14-9-7-12(3,13-4)8-10-14/h1,11,13H,6-10H2,2-4H3. The van der Waals surface area contributed by atoms with Gasteiger partial charge >= 0.3 is 0 Å². The largest absolute Gasteiger partial charge is 0.314 e. The predicted octanol–water partition coefficient (Wildman–Crippen LogP) is 1.47. The third-order valence-corrected chi connectivity index (χ3v) is 3.52. The van der Waals surface area contributed by atoms with Gasteiger partial charge in [-0.15, -0.1) is 6.42 Å². The lowest BCUT2D eigenvalue weighted by Gasteiger charge is -2.41. The van der Waals surface area contributed by atoms with E-state index in [2.05, 4.69) is 30.0 Å². The Morgan fingerprint density at radius 2 is 2.07 bits per heavy atom. The maximum absolute atomic E-state index is 5.51. The molecular formula is C12H22N2. The van der Waals surface area contributed by atoms with Crippen molar-refractivity contribution in [2.75, 3.05) is 20.1 Å². The van der Waals surface area contributed by atoms with Crippen molar-refractivity contribution >= 4 is 0 Å². The molecule has 1 unspecified atom stereocenters. The van der Waals surface area contributed by atoms with Crippen LogP contribution in [0.1, 0.15) is 33.1 Å². The molecule has 0 aromatic carbocycles. The molecule has 80 valence electrons. The molecular weight excluding hydrogens is 172 g/mol. The second kappa shape index (κ2) is 4.82. The van der Waals surface area contributed by atoms with E-state index in [-0.39, 0.29) is 0 Å². The summed E-state index contributed by atoms with van der Waals surface area (Å²) in [5.41, 5.74) is 0.323. The van der Waals surface area contributed by atoms with Gasteiger partial charge in [-0.25, -0.2) is 0 Å². The van der Waals surface area contributed by atoms with E-state index < -0.39 is 0 Å². The highest BCUT2D eigenvalue weighted by Gasteiger charge is 2.30. The lowest BCUT2D eigenvalue weighted by atomic mass is 9.89. The van der Waals surface area contributed by atoms with Gasteiger partial charge in [0.1, 0.15) is 0 Å². The SMILES string of the molecule is C#CC(CC)N1CCC(C)(NC)CC1. The van der Waals surface area contributed by atoms with Gasteiger partial charge in [0.2, 0.25) is 0 Å². The Balaban J connectivity index is 2.47. The first-order chi connectivity index (χ1) is 6.65. The minimum Gasteiger partial charge on any atom is -0.314 e. The number of hydrogen-bond acceptors (Lipinski definition) is 2. The smallest absolute Gasteiger partial charge is 0.0709 e. The molecule has 2 heteroatoms. The first-order valence-electron chi connectivity index (χ1n) is 5.54. The van der Waals surface area contributed by atoms with Crippen molar-refractivity contribution in [2.24, 2.45) is 0 Å². The van der Waals surface area contributed by atoms with Gasteiger partial charge in [-0.05, 0) is 33.2 Å². The number of hydrogen-bond donors (Lipinski definition) is 1. The molecule has 1 fully saturated rings. The van der Waals surface area contributed by atoms with E-state index in [0.29, 0.717) is 11.6 Å². The van der Waals surface area contributed by atoms with Gasteiger partial charge in [0, 0.05) is 18.6 Å². The summed E-state index contributed by atoms with van der Waals surface area (Å²) in [6.07, 6.45) is 8.96. The Bertz CT molecular complexity index is 209. The van der Waals surface area contributed by atoms with Crippen LogP contribution in [0.5, 0.6) is 0 Å². The third-order valence-electron chi connectivity index (χ3n) is 3.52. The molecule has 1 heterocycles. The van der Waals surface area contributed by atoms with Crippen molar-refractivity contribution in [3.05, 3.63) is 0 Å². The number of piperidine rings is 1. The molecule has 0 aliphatic carbocycles. The lowest BCUT2D eigenvalue weighted by molar-refractivity contribution is 0.130. The summed E-state index contributed by atoms with van der Waals surface area (Å²) < 4.78 is 0. The van der Waals surface area contributed by atoms with Crippen LogP contribution in [0.4, 0.5) is 0 Å². The van der Waals surface area contributed by atoms with Crippen LogP contribution in [-0.2, 0) is 0 Å². The second-order valence-corrected chi connectivity index (χ2v) is 4.44. The van der Waals surface area contributed by atoms with Crippen molar-refractivity contribution < 1.29 is 0 Å². The molecule has 1 aliphatic heterocycles. The van der Waals surface area contributed by atoms with Crippen LogP contribution in [0, 0.1) is 12.3 Å². The second-order valence-electron chi connectivity index (χ2n) is 4.44. The fourth-order valence-electron chi connectivity index (χ4n) is 2.06. The van der Waals surface area contributed by atoms with Gasteiger partial charge in [0.15, 0.2) is 0 Å². The maximum Gasteiger partial charge on any atom is 0.0709 e. The van der Waals surface area contributed by atoms with E-state index in [1.165, 1.54) is 12.8 Å². The van der Waals surface area contributed by atoms with Crippen LogP contribution < -0.4 is 5.32 Å². The van der Waals surface area contributed by atoms with E-state index in [0.717, 1.165) is 19.5 Å². The minimum atomic E-state index is 0.323. The van der Waals surface area contributed by atoms with Gasteiger partial charge in [0.25, 0.3) is 0 Å². The zero-order valence-corrected chi connectivity index (χ0v) is 9.64. The van der Waals surface area contributed by atoms with Crippen LogP contribution in [0.3, 0.4) is 0 Å². The normalized spacial score (nSPS) is 24.1.